The van der Waals surface area contributed by atoms with Crippen molar-refractivity contribution >= 4 is 0 Å². The summed E-state index contributed by atoms with van der Waals surface area (Å²) in [6, 6.07) is 7.70. The molecule has 0 spiro atoms. The number of aromatic hydroxyl groups is 1. The molecule has 98 valence electrons. The number of ether oxygens (including phenoxy) is 2. The number of rotatable bonds is 2. The van der Waals surface area contributed by atoms with Crippen molar-refractivity contribution in [1.82, 2.24) is 4.98 Å². The molecule has 1 atom stereocenters. The Morgan fingerprint density at radius 2 is 2.26 bits per heavy atom. The third kappa shape index (κ3) is 1.94. The van der Waals surface area contributed by atoms with E-state index >= 15 is 0 Å². The minimum Gasteiger partial charge on any atom is -0.506 e. The van der Waals surface area contributed by atoms with Gasteiger partial charge in [0.2, 0.25) is 0 Å². The number of fused-ring (bicyclic) bond motifs is 1. The van der Waals surface area contributed by atoms with Crippen molar-refractivity contribution in [3.8, 4) is 11.5 Å². The molecule has 1 aromatic carbocycles. The highest BCUT2D eigenvalue weighted by molar-refractivity contribution is 5.48. The standard InChI is InChI=1S/C15H15NO3/c1-9-14(17)13-11(7-16-9)8-19-15(13)10-4-3-5-12(6-10)18-2/h3-7,15,17H,8H2,1-2H3. The van der Waals surface area contributed by atoms with E-state index in [0.717, 1.165) is 22.4 Å². The lowest BCUT2D eigenvalue weighted by Crippen LogP contribution is -2.00. The normalized spacial score (nSPS) is 17.3. The first-order chi connectivity index (χ1) is 9.20. The van der Waals surface area contributed by atoms with Crippen molar-refractivity contribution < 1.29 is 14.6 Å². The summed E-state index contributed by atoms with van der Waals surface area (Å²) in [5.41, 5.74) is 3.35. The molecule has 0 bridgehead atoms. The first-order valence-corrected chi connectivity index (χ1v) is 6.13. The summed E-state index contributed by atoms with van der Waals surface area (Å²) >= 11 is 0. The summed E-state index contributed by atoms with van der Waals surface area (Å²) in [7, 11) is 1.63. The Bertz CT molecular complexity index is 625. The van der Waals surface area contributed by atoms with E-state index in [2.05, 4.69) is 4.98 Å². The van der Waals surface area contributed by atoms with Crippen molar-refractivity contribution in [3.05, 3.63) is 52.8 Å². The maximum atomic E-state index is 10.2. The van der Waals surface area contributed by atoms with Gasteiger partial charge >= 0.3 is 0 Å². The molecule has 0 radical (unpaired) electrons. The summed E-state index contributed by atoms with van der Waals surface area (Å²) < 4.78 is 11.0. The minimum atomic E-state index is -0.258. The summed E-state index contributed by atoms with van der Waals surface area (Å²) in [6.45, 7) is 2.26. The molecule has 4 nitrogen and oxygen atoms in total. The van der Waals surface area contributed by atoms with E-state index in [-0.39, 0.29) is 11.9 Å². The van der Waals surface area contributed by atoms with Crippen LogP contribution >= 0.6 is 0 Å². The molecular formula is C15H15NO3. The maximum Gasteiger partial charge on any atom is 0.143 e. The van der Waals surface area contributed by atoms with Crippen LogP contribution in [0.5, 0.6) is 11.5 Å². The molecule has 1 aliphatic heterocycles. The lowest BCUT2D eigenvalue weighted by atomic mass is 9.99. The first-order valence-electron chi connectivity index (χ1n) is 6.13. The number of methoxy groups -OCH3 is 1. The highest BCUT2D eigenvalue weighted by Crippen LogP contribution is 2.42. The van der Waals surface area contributed by atoms with Gasteiger partial charge in [-0.15, -0.1) is 0 Å². The van der Waals surface area contributed by atoms with E-state index in [4.69, 9.17) is 9.47 Å². The molecule has 19 heavy (non-hydrogen) atoms. The second-order valence-corrected chi connectivity index (χ2v) is 4.60. The van der Waals surface area contributed by atoms with Gasteiger partial charge in [0.15, 0.2) is 0 Å². The van der Waals surface area contributed by atoms with Crippen LogP contribution in [-0.4, -0.2) is 17.2 Å². The van der Waals surface area contributed by atoms with E-state index in [1.807, 2.05) is 24.3 Å². The SMILES string of the molecule is COc1cccc(C2OCc3cnc(C)c(O)c32)c1. The fourth-order valence-corrected chi connectivity index (χ4v) is 2.38. The highest BCUT2D eigenvalue weighted by atomic mass is 16.5. The van der Waals surface area contributed by atoms with Gasteiger partial charge in [-0.25, -0.2) is 0 Å². The average molecular weight is 257 g/mol. The van der Waals surface area contributed by atoms with Crippen LogP contribution in [0.25, 0.3) is 0 Å². The largest absolute Gasteiger partial charge is 0.506 e. The summed E-state index contributed by atoms with van der Waals surface area (Å²) in [4.78, 5) is 4.16. The number of hydrogen-bond donors (Lipinski definition) is 1. The Labute approximate surface area is 111 Å². The molecule has 1 aromatic heterocycles. The number of aryl methyl sites for hydroxylation is 1. The number of aromatic nitrogens is 1. The molecule has 0 fully saturated rings. The second kappa shape index (κ2) is 4.55. The summed E-state index contributed by atoms with van der Waals surface area (Å²) in [6.07, 6.45) is 1.51. The fourth-order valence-electron chi connectivity index (χ4n) is 2.38. The molecule has 0 saturated heterocycles. The van der Waals surface area contributed by atoms with Crippen molar-refractivity contribution in [2.45, 2.75) is 19.6 Å². The average Bonchev–Trinajstić information content (AvgIpc) is 2.87. The van der Waals surface area contributed by atoms with Crippen LogP contribution in [-0.2, 0) is 11.3 Å². The molecule has 0 saturated carbocycles. The van der Waals surface area contributed by atoms with Crippen molar-refractivity contribution in [3.63, 3.8) is 0 Å². The smallest absolute Gasteiger partial charge is 0.143 e. The third-order valence-electron chi connectivity index (χ3n) is 3.42. The Kier molecular flexibility index (Phi) is 2.87. The quantitative estimate of drug-likeness (QED) is 0.898. The molecule has 4 heteroatoms. The van der Waals surface area contributed by atoms with Gasteiger partial charge in [-0.2, -0.15) is 0 Å². The van der Waals surface area contributed by atoms with Gasteiger partial charge < -0.3 is 14.6 Å². The lowest BCUT2D eigenvalue weighted by Gasteiger charge is -2.14. The van der Waals surface area contributed by atoms with Gasteiger partial charge in [0.05, 0.1) is 19.4 Å². The molecule has 2 aromatic rings. The molecule has 1 unspecified atom stereocenters. The molecule has 2 heterocycles. The van der Waals surface area contributed by atoms with Gasteiger partial charge in [0.1, 0.15) is 17.6 Å². The molecule has 3 rings (SSSR count). The number of pyridine rings is 1. The van der Waals surface area contributed by atoms with Crippen LogP contribution in [0, 0.1) is 6.92 Å². The van der Waals surface area contributed by atoms with Crippen LogP contribution in [0.4, 0.5) is 0 Å². The molecule has 1 aliphatic rings. The topological polar surface area (TPSA) is 51.6 Å². The zero-order valence-corrected chi connectivity index (χ0v) is 10.9. The van der Waals surface area contributed by atoms with Gasteiger partial charge in [-0.05, 0) is 24.6 Å². The molecule has 0 amide bonds. The minimum absolute atomic E-state index is 0.225. The first kappa shape index (κ1) is 12.0. The van der Waals surface area contributed by atoms with Crippen LogP contribution < -0.4 is 4.74 Å². The van der Waals surface area contributed by atoms with Crippen LogP contribution in [0.15, 0.2) is 30.5 Å². The van der Waals surface area contributed by atoms with Gasteiger partial charge in [0.25, 0.3) is 0 Å². The van der Waals surface area contributed by atoms with Gasteiger partial charge in [-0.1, -0.05) is 12.1 Å². The summed E-state index contributed by atoms with van der Waals surface area (Å²) in [5, 5.41) is 10.2. The van der Waals surface area contributed by atoms with Crippen LogP contribution in [0.3, 0.4) is 0 Å². The van der Waals surface area contributed by atoms with Crippen molar-refractivity contribution in [1.29, 1.82) is 0 Å². The molecule has 0 aliphatic carbocycles. The maximum absolute atomic E-state index is 10.2. The molecule has 1 N–H and O–H groups in total. The predicted molar refractivity (Wildman–Crippen MR) is 70.3 cm³/mol. The predicted octanol–water partition coefficient (Wildman–Crippen LogP) is 2.72. The lowest BCUT2D eigenvalue weighted by molar-refractivity contribution is 0.0927. The third-order valence-corrected chi connectivity index (χ3v) is 3.42. The van der Waals surface area contributed by atoms with Gasteiger partial charge in [0, 0.05) is 17.3 Å². The monoisotopic (exact) mass is 257 g/mol. The zero-order valence-electron chi connectivity index (χ0n) is 10.9. The van der Waals surface area contributed by atoms with E-state index in [9.17, 15) is 5.11 Å². The number of benzene rings is 1. The van der Waals surface area contributed by atoms with Crippen molar-refractivity contribution in [2.75, 3.05) is 7.11 Å². The number of nitrogens with zero attached hydrogens (tertiary/aromatic N) is 1. The Morgan fingerprint density at radius 1 is 1.42 bits per heavy atom. The molecular weight excluding hydrogens is 242 g/mol. The van der Waals surface area contributed by atoms with Crippen LogP contribution in [0.1, 0.15) is 28.5 Å². The zero-order chi connectivity index (χ0) is 13.4. The van der Waals surface area contributed by atoms with E-state index in [1.54, 1.807) is 20.2 Å². The van der Waals surface area contributed by atoms with E-state index in [1.165, 1.54) is 0 Å². The van der Waals surface area contributed by atoms with Crippen LogP contribution in [0.2, 0.25) is 0 Å². The van der Waals surface area contributed by atoms with E-state index in [0.29, 0.717) is 12.3 Å². The Balaban J connectivity index is 2.08. The Morgan fingerprint density at radius 3 is 3.05 bits per heavy atom. The van der Waals surface area contributed by atoms with Crippen molar-refractivity contribution in [2.24, 2.45) is 0 Å². The second-order valence-electron chi connectivity index (χ2n) is 4.60. The summed E-state index contributed by atoms with van der Waals surface area (Å²) in [5.74, 6) is 1.00. The number of hydrogen-bond acceptors (Lipinski definition) is 4. The fraction of sp³-hybridized carbons (Fsp3) is 0.267. The van der Waals surface area contributed by atoms with Gasteiger partial charge in [-0.3, -0.25) is 4.98 Å². The highest BCUT2D eigenvalue weighted by Gasteiger charge is 2.29. The van der Waals surface area contributed by atoms with E-state index < -0.39 is 0 Å². The Hall–Kier alpha value is -2.07.